The lowest BCUT2D eigenvalue weighted by Gasteiger charge is -2.37. The highest BCUT2D eigenvalue weighted by Gasteiger charge is 2.56. The first kappa shape index (κ1) is 22.5. The summed E-state index contributed by atoms with van der Waals surface area (Å²) in [5.41, 5.74) is 1.58. The van der Waals surface area contributed by atoms with Crippen molar-refractivity contribution in [2.75, 3.05) is 6.54 Å². The minimum absolute atomic E-state index is 0.0591. The Morgan fingerprint density at radius 2 is 1.47 bits per heavy atom. The van der Waals surface area contributed by atoms with Crippen LogP contribution in [0, 0.1) is 16.0 Å². The second-order valence-corrected chi connectivity index (χ2v) is 10.9. The molecule has 0 aromatic heterocycles. The zero-order chi connectivity index (χ0) is 23.8. The van der Waals surface area contributed by atoms with Crippen molar-refractivity contribution in [3.05, 3.63) is 118 Å². The fourth-order valence-corrected chi connectivity index (χ4v) is 7.33. The van der Waals surface area contributed by atoms with E-state index in [-0.39, 0.29) is 22.5 Å². The molecule has 1 heterocycles. The maximum absolute atomic E-state index is 14.0. The SMILES string of the molecule is O=[N+]([O-])c1ccc(S(=O)(=O)N2CC(c3ccccc3)(c3ccccc3)[C@@H]3CCCC=C[C@@H]32)cc1. The van der Waals surface area contributed by atoms with Crippen molar-refractivity contribution in [3.63, 3.8) is 0 Å². The summed E-state index contributed by atoms with van der Waals surface area (Å²) in [5, 5.41) is 11.1. The number of rotatable bonds is 5. The van der Waals surface area contributed by atoms with Gasteiger partial charge in [0.25, 0.3) is 5.69 Å². The van der Waals surface area contributed by atoms with Gasteiger partial charge < -0.3 is 0 Å². The van der Waals surface area contributed by atoms with E-state index in [2.05, 4.69) is 30.3 Å². The Balaban J connectivity index is 1.68. The first-order valence-corrected chi connectivity index (χ1v) is 12.9. The Kier molecular flexibility index (Phi) is 5.83. The van der Waals surface area contributed by atoms with E-state index in [1.165, 1.54) is 24.3 Å². The highest BCUT2D eigenvalue weighted by molar-refractivity contribution is 7.89. The molecule has 34 heavy (non-hydrogen) atoms. The van der Waals surface area contributed by atoms with Gasteiger partial charge in [0.2, 0.25) is 10.0 Å². The number of benzene rings is 3. The Morgan fingerprint density at radius 3 is 2.03 bits per heavy atom. The average molecular weight is 475 g/mol. The largest absolute Gasteiger partial charge is 0.269 e. The topological polar surface area (TPSA) is 80.5 Å². The van der Waals surface area contributed by atoms with E-state index >= 15 is 0 Å². The van der Waals surface area contributed by atoms with E-state index in [9.17, 15) is 18.5 Å². The molecule has 0 unspecified atom stereocenters. The van der Waals surface area contributed by atoms with Crippen LogP contribution in [-0.2, 0) is 15.4 Å². The van der Waals surface area contributed by atoms with Crippen LogP contribution in [0.2, 0.25) is 0 Å². The molecule has 2 aliphatic rings. The number of nitro benzene ring substituents is 1. The molecule has 3 aromatic rings. The summed E-state index contributed by atoms with van der Waals surface area (Å²) in [5.74, 6) is 0.0591. The first-order chi connectivity index (χ1) is 16.4. The Hall–Kier alpha value is -3.29. The van der Waals surface area contributed by atoms with Crippen LogP contribution < -0.4 is 0 Å². The summed E-state index contributed by atoms with van der Waals surface area (Å²) < 4.78 is 29.5. The molecule has 0 amide bonds. The minimum Gasteiger partial charge on any atom is -0.258 e. The zero-order valence-corrected chi connectivity index (χ0v) is 19.5. The van der Waals surface area contributed by atoms with E-state index in [1.54, 1.807) is 4.31 Å². The number of allylic oxidation sites excluding steroid dienone is 1. The number of nitrogens with zero attached hydrogens (tertiary/aromatic N) is 2. The number of sulfonamides is 1. The van der Waals surface area contributed by atoms with Crippen LogP contribution in [0.4, 0.5) is 5.69 Å². The molecule has 0 radical (unpaired) electrons. The van der Waals surface area contributed by atoms with Gasteiger partial charge in [0, 0.05) is 30.1 Å². The van der Waals surface area contributed by atoms with Gasteiger partial charge in [0.15, 0.2) is 0 Å². The summed E-state index contributed by atoms with van der Waals surface area (Å²) in [6, 6.07) is 25.3. The molecule has 7 heteroatoms. The van der Waals surface area contributed by atoms with E-state index in [0.29, 0.717) is 6.54 Å². The van der Waals surface area contributed by atoms with Crippen molar-refractivity contribution in [1.29, 1.82) is 0 Å². The minimum atomic E-state index is -3.90. The Morgan fingerprint density at radius 1 is 0.882 bits per heavy atom. The zero-order valence-electron chi connectivity index (χ0n) is 18.7. The molecule has 2 atom stereocenters. The molecule has 0 saturated carbocycles. The average Bonchev–Trinajstić information content (AvgIpc) is 3.02. The number of hydrogen-bond acceptors (Lipinski definition) is 4. The summed E-state index contributed by atoms with van der Waals surface area (Å²) in [6.45, 7) is 0.306. The van der Waals surface area contributed by atoms with Gasteiger partial charge in [-0.25, -0.2) is 8.42 Å². The monoisotopic (exact) mass is 474 g/mol. The molecular formula is C27H26N2O4S. The third-order valence-corrected chi connectivity index (χ3v) is 9.09. The van der Waals surface area contributed by atoms with Gasteiger partial charge in [-0.3, -0.25) is 10.1 Å². The number of hydrogen-bond donors (Lipinski definition) is 0. The molecule has 3 aromatic carbocycles. The van der Waals surface area contributed by atoms with Gasteiger partial charge in [-0.15, -0.1) is 0 Å². The van der Waals surface area contributed by atoms with E-state index in [0.717, 1.165) is 30.4 Å². The highest BCUT2D eigenvalue weighted by Crippen LogP contribution is 2.52. The lowest BCUT2D eigenvalue weighted by molar-refractivity contribution is -0.384. The number of non-ortho nitro benzene ring substituents is 1. The Bertz CT molecular complexity index is 1270. The fourth-order valence-electron chi connectivity index (χ4n) is 5.67. The molecular weight excluding hydrogens is 448 g/mol. The standard InChI is InChI=1S/C27H26N2O4S/c30-29(31)23-16-18-24(19-17-23)34(32,33)28-20-27(21-10-4-1-5-11-21,22-12-6-2-7-13-22)25-14-8-3-9-15-26(25)28/h1-2,4-7,9-13,15-19,25-26H,3,8,14,20H2/t25-,26+/m1/s1. The lowest BCUT2D eigenvalue weighted by Crippen LogP contribution is -2.38. The summed E-state index contributed by atoms with van der Waals surface area (Å²) in [4.78, 5) is 10.6. The first-order valence-electron chi connectivity index (χ1n) is 11.5. The molecule has 174 valence electrons. The van der Waals surface area contributed by atoms with Gasteiger partial charge in [-0.05, 0) is 48.4 Å². The van der Waals surface area contributed by atoms with Gasteiger partial charge in [-0.2, -0.15) is 4.31 Å². The normalized spacial score (nSPS) is 22.1. The number of nitro groups is 1. The van der Waals surface area contributed by atoms with Crippen LogP contribution in [0.1, 0.15) is 30.4 Å². The van der Waals surface area contributed by atoms with Crippen molar-refractivity contribution in [3.8, 4) is 0 Å². The van der Waals surface area contributed by atoms with Gasteiger partial charge >= 0.3 is 0 Å². The third-order valence-electron chi connectivity index (χ3n) is 7.23. The quantitative estimate of drug-likeness (QED) is 0.285. The van der Waals surface area contributed by atoms with Crippen LogP contribution in [0.5, 0.6) is 0 Å². The van der Waals surface area contributed by atoms with Crippen molar-refractivity contribution in [2.45, 2.75) is 35.6 Å². The van der Waals surface area contributed by atoms with Crippen molar-refractivity contribution in [2.24, 2.45) is 5.92 Å². The molecule has 1 aliphatic carbocycles. The van der Waals surface area contributed by atoms with E-state index < -0.39 is 20.4 Å². The lowest BCUT2D eigenvalue weighted by atomic mass is 9.65. The van der Waals surface area contributed by atoms with Gasteiger partial charge in [0.1, 0.15) is 0 Å². The second-order valence-electron chi connectivity index (χ2n) is 8.96. The van der Waals surface area contributed by atoms with E-state index in [1.807, 2.05) is 42.5 Å². The Labute approximate surface area is 199 Å². The summed E-state index contributed by atoms with van der Waals surface area (Å²) >= 11 is 0. The second kappa shape index (κ2) is 8.81. The van der Waals surface area contributed by atoms with Crippen LogP contribution in [0.15, 0.2) is 102 Å². The van der Waals surface area contributed by atoms with Crippen molar-refractivity contribution < 1.29 is 13.3 Å². The van der Waals surface area contributed by atoms with E-state index in [4.69, 9.17) is 0 Å². The predicted molar refractivity (Wildman–Crippen MR) is 131 cm³/mol. The summed E-state index contributed by atoms with van der Waals surface area (Å²) in [6.07, 6.45) is 6.94. The molecule has 1 aliphatic heterocycles. The predicted octanol–water partition coefficient (Wildman–Crippen LogP) is 5.31. The molecule has 5 rings (SSSR count). The van der Waals surface area contributed by atoms with Crippen LogP contribution in [-0.4, -0.2) is 30.2 Å². The molecule has 0 bridgehead atoms. The van der Waals surface area contributed by atoms with Crippen LogP contribution >= 0.6 is 0 Å². The molecule has 1 fully saturated rings. The van der Waals surface area contributed by atoms with Crippen LogP contribution in [0.25, 0.3) is 0 Å². The fraction of sp³-hybridized carbons (Fsp3) is 0.259. The third kappa shape index (κ3) is 3.65. The van der Waals surface area contributed by atoms with Gasteiger partial charge in [0.05, 0.1) is 9.82 Å². The molecule has 6 nitrogen and oxygen atoms in total. The molecule has 1 saturated heterocycles. The molecule has 0 N–H and O–H groups in total. The maximum Gasteiger partial charge on any atom is 0.269 e. The maximum atomic E-state index is 14.0. The van der Waals surface area contributed by atoms with Crippen molar-refractivity contribution in [1.82, 2.24) is 4.31 Å². The van der Waals surface area contributed by atoms with Gasteiger partial charge in [-0.1, -0.05) is 72.8 Å². The smallest absolute Gasteiger partial charge is 0.258 e. The van der Waals surface area contributed by atoms with Crippen molar-refractivity contribution >= 4 is 15.7 Å². The molecule has 0 spiro atoms. The van der Waals surface area contributed by atoms with Crippen LogP contribution in [0.3, 0.4) is 0 Å². The summed E-state index contributed by atoms with van der Waals surface area (Å²) in [7, 11) is -3.90. The highest BCUT2D eigenvalue weighted by atomic mass is 32.2. The number of fused-ring (bicyclic) bond motifs is 1.